The molecule has 11 heteroatoms. The molecule has 3 rings (SSSR count). The van der Waals surface area contributed by atoms with Gasteiger partial charge in [0.25, 0.3) is 0 Å². The Labute approximate surface area is 196 Å². The van der Waals surface area contributed by atoms with Crippen molar-refractivity contribution >= 4 is 17.4 Å². The van der Waals surface area contributed by atoms with Crippen LogP contribution in [-0.4, -0.2) is 18.4 Å². The lowest BCUT2D eigenvalue weighted by Crippen LogP contribution is -2.32. The van der Waals surface area contributed by atoms with Crippen molar-refractivity contribution in [1.82, 2.24) is 0 Å². The zero-order valence-corrected chi connectivity index (χ0v) is 17.8. The molecule has 0 atom stereocenters. The smallest absolute Gasteiger partial charge is 0.416 e. The van der Waals surface area contributed by atoms with Gasteiger partial charge in [0.05, 0.1) is 28.6 Å². The molecule has 35 heavy (non-hydrogen) atoms. The second-order valence-corrected chi connectivity index (χ2v) is 7.13. The minimum Gasteiger partial charge on any atom is -0.435 e. The van der Waals surface area contributed by atoms with Gasteiger partial charge in [0.1, 0.15) is 5.75 Å². The molecule has 2 N–H and O–H groups in total. The summed E-state index contributed by atoms with van der Waals surface area (Å²) in [5, 5.41) is 13.9. The predicted molar refractivity (Wildman–Crippen MR) is 118 cm³/mol. The molecule has 0 heterocycles. The number of primary amides is 1. The highest BCUT2D eigenvalue weighted by atomic mass is 19.4. The molecule has 0 unspecified atom stereocenters. The highest BCUT2D eigenvalue weighted by Crippen LogP contribution is 2.30. The monoisotopic (exact) mass is 488 g/mol. The summed E-state index contributed by atoms with van der Waals surface area (Å²) in [4.78, 5) is 12.2. The first kappa shape index (κ1) is 25.2. The first-order valence-electron chi connectivity index (χ1n) is 9.95. The lowest BCUT2D eigenvalue weighted by molar-refractivity contribution is -0.137. The number of carbonyl (C=O) groups is 1. The molecular formula is C24H17F5N4O2. The van der Waals surface area contributed by atoms with E-state index in [0.717, 1.165) is 29.3 Å². The van der Waals surface area contributed by atoms with E-state index >= 15 is 0 Å². The molecule has 0 aliphatic rings. The number of carbonyl (C=O) groups excluding carboxylic acids is 1. The molecule has 6 nitrogen and oxygen atoms in total. The van der Waals surface area contributed by atoms with Crippen LogP contribution in [0, 0.1) is 11.3 Å². The maximum Gasteiger partial charge on any atom is 0.416 e. The molecule has 0 radical (unpaired) electrons. The molecule has 0 saturated heterocycles. The fourth-order valence-electron chi connectivity index (χ4n) is 3.08. The van der Waals surface area contributed by atoms with E-state index in [-0.39, 0.29) is 29.1 Å². The van der Waals surface area contributed by atoms with Crippen LogP contribution in [0.5, 0.6) is 5.75 Å². The van der Waals surface area contributed by atoms with Gasteiger partial charge < -0.3 is 10.5 Å². The standard InChI is InChI=1S/C24H17F5N4O2/c25-22(26)35-20-10-8-19(9-11-20)33(23(31)34)32-21(12-15-4-6-16(14-30)7-5-15)17-2-1-3-18(13-17)24(27,28)29/h1-11,13,22H,12H2,(H2,31,34). The van der Waals surface area contributed by atoms with E-state index in [2.05, 4.69) is 9.84 Å². The number of rotatable bonds is 7. The molecular weight excluding hydrogens is 471 g/mol. The number of hydrogen-bond donors (Lipinski definition) is 1. The summed E-state index contributed by atoms with van der Waals surface area (Å²) in [6.45, 7) is -3.05. The molecule has 0 aliphatic heterocycles. The average Bonchev–Trinajstić information content (AvgIpc) is 2.82. The Kier molecular flexibility index (Phi) is 7.66. The van der Waals surface area contributed by atoms with Gasteiger partial charge in [0.2, 0.25) is 0 Å². The number of nitrogens with two attached hydrogens (primary N) is 1. The Bertz CT molecular complexity index is 1250. The average molecular weight is 488 g/mol. The maximum atomic E-state index is 13.3. The van der Waals surface area contributed by atoms with Crippen molar-refractivity contribution in [3.8, 4) is 11.8 Å². The van der Waals surface area contributed by atoms with Gasteiger partial charge >= 0.3 is 18.8 Å². The molecule has 0 fully saturated rings. The summed E-state index contributed by atoms with van der Waals surface area (Å²) in [7, 11) is 0. The third kappa shape index (κ3) is 6.77. The second-order valence-electron chi connectivity index (χ2n) is 7.13. The largest absolute Gasteiger partial charge is 0.435 e. The SMILES string of the molecule is N#Cc1ccc(CC(=NN(C(N)=O)c2ccc(OC(F)F)cc2)c2cccc(C(F)(F)F)c2)cc1. The lowest BCUT2D eigenvalue weighted by Gasteiger charge is -2.18. The third-order valence-electron chi connectivity index (χ3n) is 4.71. The zero-order valence-electron chi connectivity index (χ0n) is 17.8. The number of nitriles is 1. The van der Waals surface area contributed by atoms with Crippen LogP contribution in [0.4, 0.5) is 32.4 Å². The number of amides is 2. The number of anilines is 1. The van der Waals surface area contributed by atoms with Gasteiger partial charge in [-0.05, 0) is 59.7 Å². The maximum absolute atomic E-state index is 13.3. The van der Waals surface area contributed by atoms with E-state index in [1.165, 1.54) is 36.4 Å². The van der Waals surface area contributed by atoms with E-state index in [4.69, 9.17) is 11.0 Å². The Hall–Kier alpha value is -4.46. The second kappa shape index (κ2) is 10.6. The van der Waals surface area contributed by atoms with Gasteiger partial charge in [-0.3, -0.25) is 0 Å². The van der Waals surface area contributed by atoms with Crippen molar-refractivity contribution in [1.29, 1.82) is 5.26 Å². The fourth-order valence-corrected chi connectivity index (χ4v) is 3.08. The third-order valence-corrected chi connectivity index (χ3v) is 4.71. The van der Waals surface area contributed by atoms with Gasteiger partial charge in [-0.15, -0.1) is 0 Å². The van der Waals surface area contributed by atoms with Crippen LogP contribution in [0.1, 0.15) is 22.3 Å². The van der Waals surface area contributed by atoms with Gasteiger partial charge in [-0.1, -0.05) is 24.3 Å². The summed E-state index contributed by atoms with van der Waals surface area (Å²) < 4.78 is 69.0. The summed E-state index contributed by atoms with van der Waals surface area (Å²) in [6, 6.07) is 16.4. The number of urea groups is 1. The van der Waals surface area contributed by atoms with E-state index in [1.54, 1.807) is 12.1 Å². The van der Waals surface area contributed by atoms with Gasteiger partial charge in [0.15, 0.2) is 0 Å². The molecule has 0 saturated carbocycles. The minimum absolute atomic E-state index is 0.0105. The van der Waals surface area contributed by atoms with Crippen molar-refractivity contribution in [2.75, 3.05) is 5.01 Å². The van der Waals surface area contributed by atoms with Crippen molar-refractivity contribution in [3.63, 3.8) is 0 Å². The highest BCUT2D eigenvalue weighted by molar-refractivity contribution is 6.04. The predicted octanol–water partition coefficient (Wildman–Crippen LogP) is 5.71. The Morgan fingerprint density at radius 3 is 2.26 bits per heavy atom. The Morgan fingerprint density at radius 2 is 1.71 bits per heavy atom. The van der Waals surface area contributed by atoms with Crippen molar-refractivity contribution in [3.05, 3.63) is 95.1 Å². The number of alkyl halides is 5. The summed E-state index contributed by atoms with van der Waals surface area (Å²) in [5.41, 5.74) is 5.74. The van der Waals surface area contributed by atoms with Crippen LogP contribution in [0.3, 0.4) is 0 Å². The summed E-state index contributed by atoms with van der Waals surface area (Å²) in [6.07, 6.45) is -4.62. The summed E-state index contributed by atoms with van der Waals surface area (Å²) in [5.74, 6) is -0.173. The topological polar surface area (TPSA) is 91.7 Å². The van der Waals surface area contributed by atoms with Crippen molar-refractivity contribution in [2.45, 2.75) is 19.2 Å². The fraction of sp³-hybridized carbons (Fsp3) is 0.125. The number of ether oxygens (including phenoxy) is 1. The van der Waals surface area contributed by atoms with Crippen molar-refractivity contribution < 1.29 is 31.5 Å². The molecule has 180 valence electrons. The molecule has 2 amide bonds. The summed E-state index contributed by atoms with van der Waals surface area (Å²) >= 11 is 0. The quantitative estimate of drug-likeness (QED) is 0.262. The molecule has 3 aromatic rings. The van der Waals surface area contributed by atoms with Crippen LogP contribution in [-0.2, 0) is 12.6 Å². The van der Waals surface area contributed by atoms with Crippen molar-refractivity contribution in [2.24, 2.45) is 10.8 Å². The minimum atomic E-state index is -4.61. The zero-order chi connectivity index (χ0) is 25.6. The first-order chi connectivity index (χ1) is 16.6. The van der Waals surface area contributed by atoms with Crippen LogP contribution in [0.2, 0.25) is 0 Å². The number of hydrogen-bond acceptors (Lipinski definition) is 4. The normalized spacial score (nSPS) is 11.7. The van der Waals surface area contributed by atoms with Crippen LogP contribution < -0.4 is 15.5 Å². The van der Waals surface area contributed by atoms with Gasteiger partial charge in [0, 0.05) is 6.42 Å². The molecule has 0 aliphatic carbocycles. The van der Waals surface area contributed by atoms with Gasteiger partial charge in [-0.25, -0.2) is 4.79 Å². The molecule has 0 aromatic heterocycles. The van der Waals surface area contributed by atoms with E-state index in [1.807, 2.05) is 6.07 Å². The Balaban J connectivity index is 2.07. The van der Waals surface area contributed by atoms with Crippen LogP contribution in [0.25, 0.3) is 0 Å². The molecule has 0 bridgehead atoms. The molecule has 0 spiro atoms. The molecule has 3 aromatic carbocycles. The van der Waals surface area contributed by atoms with Gasteiger partial charge in [-0.2, -0.15) is 37.3 Å². The van der Waals surface area contributed by atoms with Crippen LogP contribution >= 0.6 is 0 Å². The van der Waals surface area contributed by atoms with E-state index in [9.17, 15) is 26.7 Å². The highest BCUT2D eigenvalue weighted by Gasteiger charge is 2.31. The number of nitrogens with zero attached hydrogens (tertiary/aromatic N) is 3. The lowest BCUT2D eigenvalue weighted by atomic mass is 9.99. The Morgan fingerprint density at radius 1 is 1.06 bits per heavy atom. The number of hydrazone groups is 1. The first-order valence-corrected chi connectivity index (χ1v) is 9.95. The van der Waals surface area contributed by atoms with E-state index in [0.29, 0.717) is 11.1 Å². The van der Waals surface area contributed by atoms with E-state index < -0.39 is 24.4 Å². The van der Waals surface area contributed by atoms with Crippen LogP contribution in [0.15, 0.2) is 77.9 Å². The number of benzene rings is 3. The number of halogens is 5.